The Morgan fingerprint density at radius 1 is 0.879 bits per heavy atom. The molecule has 0 radical (unpaired) electrons. The standard InChI is InChI=1S/C23H29Cl4N3O2S/c1-16(2)11-19(28-33(31,32)23-6-4-18(24)13-22(23)27)15-30-9-7-29(8-10-30)14-17-3-5-20(25)21(26)12-17/h3-6,12-13,16,19,28H,7-11,14-15H2,1-2H3. The molecule has 0 saturated carbocycles. The third-order valence-electron chi connectivity index (χ3n) is 5.59. The molecule has 2 aromatic rings. The van der Waals surface area contributed by atoms with E-state index in [0.717, 1.165) is 44.7 Å². The summed E-state index contributed by atoms with van der Waals surface area (Å²) in [4.78, 5) is 4.73. The molecular formula is C23H29Cl4N3O2S. The molecule has 1 unspecified atom stereocenters. The largest absolute Gasteiger partial charge is 0.299 e. The van der Waals surface area contributed by atoms with Crippen molar-refractivity contribution in [2.24, 2.45) is 5.92 Å². The normalized spacial score (nSPS) is 16.9. The van der Waals surface area contributed by atoms with Crippen LogP contribution in [0.5, 0.6) is 0 Å². The van der Waals surface area contributed by atoms with Gasteiger partial charge >= 0.3 is 0 Å². The maximum Gasteiger partial charge on any atom is 0.242 e. The van der Waals surface area contributed by atoms with Gasteiger partial charge in [0.15, 0.2) is 0 Å². The van der Waals surface area contributed by atoms with E-state index in [-0.39, 0.29) is 16.0 Å². The van der Waals surface area contributed by atoms with E-state index in [0.29, 0.717) is 27.5 Å². The van der Waals surface area contributed by atoms with Crippen LogP contribution in [0.1, 0.15) is 25.8 Å². The van der Waals surface area contributed by atoms with Crippen molar-refractivity contribution in [3.8, 4) is 0 Å². The van der Waals surface area contributed by atoms with Gasteiger partial charge in [-0.25, -0.2) is 13.1 Å². The molecule has 10 heteroatoms. The molecule has 0 aromatic heterocycles. The van der Waals surface area contributed by atoms with Crippen LogP contribution < -0.4 is 4.72 Å². The van der Waals surface area contributed by atoms with Crippen LogP contribution in [0.3, 0.4) is 0 Å². The number of nitrogens with zero attached hydrogens (tertiary/aromatic N) is 2. The number of hydrogen-bond acceptors (Lipinski definition) is 4. The summed E-state index contributed by atoms with van der Waals surface area (Å²) >= 11 is 24.2. The fraction of sp³-hybridized carbons (Fsp3) is 0.478. The maximum atomic E-state index is 13.0. The zero-order chi connectivity index (χ0) is 24.2. The van der Waals surface area contributed by atoms with Crippen LogP contribution in [-0.2, 0) is 16.6 Å². The maximum absolute atomic E-state index is 13.0. The molecule has 1 atom stereocenters. The van der Waals surface area contributed by atoms with Crippen LogP contribution in [0.25, 0.3) is 0 Å². The Hall–Kier alpha value is -0.570. The van der Waals surface area contributed by atoms with E-state index >= 15 is 0 Å². The average Bonchev–Trinajstić information content (AvgIpc) is 2.71. The average molecular weight is 553 g/mol. The highest BCUT2D eigenvalue weighted by molar-refractivity contribution is 7.89. The van der Waals surface area contributed by atoms with Gasteiger partial charge in [0, 0.05) is 50.3 Å². The van der Waals surface area contributed by atoms with Gasteiger partial charge in [-0.2, -0.15) is 0 Å². The number of nitrogens with one attached hydrogen (secondary N) is 1. The van der Waals surface area contributed by atoms with Gasteiger partial charge in [0.2, 0.25) is 10.0 Å². The second kappa shape index (κ2) is 11.9. The van der Waals surface area contributed by atoms with E-state index in [1.807, 2.05) is 18.2 Å². The van der Waals surface area contributed by atoms with E-state index < -0.39 is 10.0 Å². The van der Waals surface area contributed by atoms with Crippen molar-refractivity contribution in [1.82, 2.24) is 14.5 Å². The van der Waals surface area contributed by atoms with Crippen molar-refractivity contribution in [3.05, 3.63) is 62.1 Å². The highest BCUT2D eigenvalue weighted by atomic mass is 35.5. The molecular weight excluding hydrogens is 524 g/mol. The van der Waals surface area contributed by atoms with Crippen LogP contribution >= 0.6 is 46.4 Å². The summed E-state index contributed by atoms with van der Waals surface area (Å²) in [6, 6.07) is 9.94. The lowest BCUT2D eigenvalue weighted by Gasteiger charge is -2.37. The van der Waals surface area contributed by atoms with Crippen LogP contribution in [-0.4, -0.2) is 57.0 Å². The van der Waals surface area contributed by atoms with E-state index in [9.17, 15) is 8.42 Å². The molecule has 33 heavy (non-hydrogen) atoms. The lowest BCUT2D eigenvalue weighted by atomic mass is 10.0. The molecule has 0 amide bonds. The molecule has 1 fully saturated rings. The molecule has 0 spiro atoms. The summed E-state index contributed by atoms with van der Waals surface area (Å²) in [5, 5.41) is 1.65. The molecule has 2 aromatic carbocycles. The quantitative estimate of drug-likeness (QED) is 0.426. The number of halogens is 4. The Balaban J connectivity index is 1.60. The first-order valence-corrected chi connectivity index (χ1v) is 13.9. The van der Waals surface area contributed by atoms with Gasteiger partial charge in [-0.05, 0) is 48.2 Å². The van der Waals surface area contributed by atoms with E-state index in [1.54, 1.807) is 0 Å². The minimum atomic E-state index is -3.76. The summed E-state index contributed by atoms with van der Waals surface area (Å²) in [5.41, 5.74) is 1.13. The zero-order valence-corrected chi connectivity index (χ0v) is 22.5. The molecule has 5 nitrogen and oxygen atoms in total. The van der Waals surface area contributed by atoms with Gasteiger partial charge in [0.1, 0.15) is 4.90 Å². The van der Waals surface area contributed by atoms with Gasteiger partial charge in [0.25, 0.3) is 0 Å². The molecule has 0 bridgehead atoms. The van der Waals surface area contributed by atoms with E-state index in [1.165, 1.54) is 18.2 Å². The Kier molecular flexibility index (Phi) is 9.75. The highest BCUT2D eigenvalue weighted by Crippen LogP contribution is 2.26. The second-order valence-electron chi connectivity index (χ2n) is 8.85. The number of piperazine rings is 1. The van der Waals surface area contributed by atoms with E-state index in [4.69, 9.17) is 46.4 Å². The van der Waals surface area contributed by atoms with Crippen LogP contribution in [0.15, 0.2) is 41.3 Å². The van der Waals surface area contributed by atoms with Crippen molar-refractivity contribution in [2.75, 3.05) is 32.7 Å². The van der Waals surface area contributed by atoms with Crippen LogP contribution in [0.2, 0.25) is 20.1 Å². The van der Waals surface area contributed by atoms with Crippen LogP contribution in [0, 0.1) is 5.92 Å². The number of hydrogen-bond donors (Lipinski definition) is 1. The summed E-state index contributed by atoms with van der Waals surface area (Å²) in [7, 11) is -3.76. The first-order chi connectivity index (χ1) is 15.5. The molecule has 1 aliphatic rings. The molecule has 1 heterocycles. The third kappa shape index (κ3) is 7.97. The fourth-order valence-corrected chi connectivity index (χ4v) is 6.38. The van der Waals surface area contributed by atoms with Crippen molar-refractivity contribution < 1.29 is 8.42 Å². The predicted octanol–water partition coefficient (Wildman–Crippen LogP) is 5.81. The number of sulfonamides is 1. The highest BCUT2D eigenvalue weighted by Gasteiger charge is 2.26. The number of benzene rings is 2. The van der Waals surface area contributed by atoms with Crippen molar-refractivity contribution in [2.45, 2.75) is 37.8 Å². The summed E-state index contributed by atoms with van der Waals surface area (Å²) in [6.45, 7) is 9.14. The minimum Gasteiger partial charge on any atom is -0.299 e. The monoisotopic (exact) mass is 551 g/mol. The van der Waals surface area contributed by atoms with Gasteiger partial charge in [0.05, 0.1) is 15.1 Å². The predicted molar refractivity (Wildman–Crippen MR) is 138 cm³/mol. The third-order valence-corrected chi connectivity index (χ3v) is 8.57. The van der Waals surface area contributed by atoms with Gasteiger partial charge < -0.3 is 0 Å². The fourth-order valence-electron chi connectivity index (χ4n) is 4.04. The minimum absolute atomic E-state index is 0.0498. The number of rotatable bonds is 9. The van der Waals surface area contributed by atoms with Crippen molar-refractivity contribution in [1.29, 1.82) is 0 Å². The molecule has 0 aliphatic carbocycles. The Morgan fingerprint density at radius 3 is 2.15 bits per heavy atom. The van der Waals surface area contributed by atoms with Gasteiger partial charge in [-0.1, -0.05) is 66.3 Å². The van der Waals surface area contributed by atoms with Gasteiger partial charge in [-0.15, -0.1) is 0 Å². The topological polar surface area (TPSA) is 52.6 Å². The summed E-state index contributed by atoms with van der Waals surface area (Å²) in [6.07, 6.45) is 0.730. The summed E-state index contributed by atoms with van der Waals surface area (Å²) in [5.74, 6) is 0.342. The molecule has 1 N–H and O–H groups in total. The van der Waals surface area contributed by atoms with Crippen LogP contribution in [0.4, 0.5) is 0 Å². The molecule has 1 aliphatic heterocycles. The molecule has 3 rings (SSSR count). The smallest absolute Gasteiger partial charge is 0.242 e. The van der Waals surface area contributed by atoms with Crippen molar-refractivity contribution in [3.63, 3.8) is 0 Å². The first kappa shape index (κ1) is 27.0. The Labute approximate surface area is 217 Å². The Morgan fingerprint density at radius 2 is 1.55 bits per heavy atom. The first-order valence-electron chi connectivity index (χ1n) is 10.9. The van der Waals surface area contributed by atoms with Crippen molar-refractivity contribution >= 4 is 56.4 Å². The SMILES string of the molecule is CC(C)CC(CN1CCN(Cc2ccc(Cl)c(Cl)c2)CC1)NS(=O)(=O)c1ccc(Cl)cc1Cl. The van der Waals surface area contributed by atoms with Gasteiger partial charge in [-0.3, -0.25) is 9.80 Å². The molecule has 182 valence electrons. The van der Waals surface area contributed by atoms with E-state index in [2.05, 4.69) is 28.4 Å². The summed E-state index contributed by atoms with van der Waals surface area (Å²) < 4.78 is 28.9. The second-order valence-corrected chi connectivity index (χ2v) is 12.2. The lowest BCUT2D eigenvalue weighted by Crippen LogP contribution is -2.51. The molecule has 1 saturated heterocycles. The zero-order valence-electron chi connectivity index (χ0n) is 18.7. The lowest BCUT2D eigenvalue weighted by molar-refractivity contribution is 0.118. The Bertz CT molecular complexity index is 1060.